The summed E-state index contributed by atoms with van der Waals surface area (Å²) in [6.45, 7) is 2.68. The molecule has 1 fully saturated rings. The number of aryl methyl sites for hydroxylation is 3. The van der Waals surface area contributed by atoms with Crippen LogP contribution in [0, 0.1) is 6.92 Å². The number of pyridine rings is 1. The number of sulfone groups is 1. The molecular weight excluding hydrogens is 352 g/mol. The predicted octanol–water partition coefficient (Wildman–Crippen LogP) is 1.45. The highest BCUT2D eigenvalue weighted by Gasteiger charge is 2.31. The molecule has 0 N–H and O–H groups in total. The summed E-state index contributed by atoms with van der Waals surface area (Å²) in [5.41, 5.74) is 0.875. The highest BCUT2D eigenvalue weighted by Crippen LogP contribution is 2.26. The molecule has 1 saturated heterocycles. The predicted molar refractivity (Wildman–Crippen MR) is 96.2 cm³/mol. The van der Waals surface area contributed by atoms with Gasteiger partial charge in [0.15, 0.2) is 15.7 Å². The van der Waals surface area contributed by atoms with Crippen molar-refractivity contribution >= 4 is 9.84 Å². The molecule has 0 amide bonds. The Bertz CT molecular complexity index is 1010. The first-order valence-electron chi connectivity index (χ1n) is 8.56. The van der Waals surface area contributed by atoms with Crippen LogP contribution < -0.4 is 0 Å². The maximum absolute atomic E-state index is 11.9. The van der Waals surface area contributed by atoms with Gasteiger partial charge in [0.05, 0.1) is 17.5 Å². The maximum atomic E-state index is 11.9. The second-order valence-electron chi connectivity index (χ2n) is 6.51. The third-order valence-electron chi connectivity index (χ3n) is 4.69. The largest absolute Gasteiger partial charge is 0.335 e. The van der Waals surface area contributed by atoms with Gasteiger partial charge in [0, 0.05) is 43.3 Å². The smallest absolute Gasteiger partial charge is 0.181 e. The van der Waals surface area contributed by atoms with Crippen molar-refractivity contribution in [3.8, 4) is 11.4 Å². The van der Waals surface area contributed by atoms with E-state index in [1.807, 2.05) is 29.9 Å². The SMILES string of the molecule is Cc1nccn1CCc1nc(-c2ccncc2)nn1[C@H]1CCS(=O)(=O)C1. The lowest BCUT2D eigenvalue weighted by Gasteiger charge is -2.12. The number of nitrogens with zero attached hydrogens (tertiary/aromatic N) is 6. The number of imidazole rings is 1. The fraction of sp³-hybridized carbons (Fsp3) is 0.412. The van der Waals surface area contributed by atoms with E-state index in [0.717, 1.165) is 23.8 Å². The standard InChI is InChI=1S/C17H20N6O2S/c1-13-19-8-10-22(13)9-4-16-20-17(14-2-6-18-7-3-14)21-23(16)15-5-11-26(24,25)12-15/h2-3,6-8,10,15H,4-5,9,11-12H2,1H3/t15-/m0/s1. The summed E-state index contributed by atoms with van der Waals surface area (Å²) < 4.78 is 27.7. The molecule has 8 nitrogen and oxygen atoms in total. The molecule has 0 radical (unpaired) electrons. The van der Waals surface area contributed by atoms with Gasteiger partial charge < -0.3 is 4.57 Å². The van der Waals surface area contributed by atoms with E-state index >= 15 is 0 Å². The molecule has 3 aromatic heterocycles. The van der Waals surface area contributed by atoms with Gasteiger partial charge in [-0.2, -0.15) is 5.10 Å². The van der Waals surface area contributed by atoms with Gasteiger partial charge in [0.2, 0.25) is 0 Å². The van der Waals surface area contributed by atoms with Crippen LogP contribution in [0.1, 0.15) is 24.1 Å². The van der Waals surface area contributed by atoms with Crippen LogP contribution >= 0.6 is 0 Å². The van der Waals surface area contributed by atoms with Gasteiger partial charge in [-0.05, 0) is 25.5 Å². The first kappa shape index (κ1) is 16.9. The quantitative estimate of drug-likeness (QED) is 0.673. The van der Waals surface area contributed by atoms with Gasteiger partial charge >= 0.3 is 0 Å². The average molecular weight is 372 g/mol. The van der Waals surface area contributed by atoms with Crippen molar-refractivity contribution in [2.45, 2.75) is 32.4 Å². The van der Waals surface area contributed by atoms with E-state index in [1.165, 1.54) is 0 Å². The first-order valence-corrected chi connectivity index (χ1v) is 10.4. The van der Waals surface area contributed by atoms with Crippen LogP contribution in [0.15, 0.2) is 36.9 Å². The Morgan fingerprint density at radius 3 is 2.69 bits per heavy atom. The molecule has 0 unspecified atom stereocenters. The van der Waals surface area contributed by atoms with Crippen molar-refractivity contribution < 1.29 is 8.42 Å². The van der Waals surface area contributed by atoms with Crippen molar-refractivity contribution in [1.29, 1.82) is 0 Å². The minimum absolute atomic E-state index is 0.128. The molecule has 0 saturated carbocycles. The monoisotopic (exact) mass is 372 g/mol. The summed E-state index contributed by atoms with van der Waals surface area (Å²) in [4.78, 5) is 13.0. The molecule has 1 aliphatic heterocycles. The van der Waals surface area contributed by atoms with Gasteiger partial charge in [-0.15, -0.1) is 0 Å². The normalized spacial score (nSPS) is 19.0. The second kappa shape index (κ2) is 6.64. The summed E-state index contributed by atoms with van der Waals surface area (Å²) in [5.74, 6) is 2.68. The summed E-state index contributed by atoms with van der Waals surface area (Å²) in [6, 6.07) is 3.56. The molecule has 136 valence electrons. The molecule has 26 heavy (non-hydrogen) atoms. The van der Waals surface area contributed by atoms with Crippen LogP contribution in [0.3, 0.4) is 0 Å². The minimum Gasteiger partial charge on any atom is -0.335 e. The van der Waals surface area contributed by atoms with E-state index in [-0.39, 0.29) is 17.5 Å². The molecule has 0 spiro atoms. The Balaban J connectivity index is 1.66. The Kier molecular flexibility index (Phi) is 4.31. The fourth-order valence-corrected chi connectivity index (χ4v) is 4.96. The summed E-state index contributed by atoms with van der Waals surface area (Å²) in [6.07, 6.45) is 8.34. The van der Waals surface area contributed by atoms with E-state index < -0.39 is 9.84 Å². The lowest BCUT2D eigenvalue weighted by atomic mass is 10.2. The van der Waals surface area contributed by atoms with Crippen LogP contribution in [-0.2, 0) is 22.8 Å². The number of hydrogen-bond donors (Lipinski definition) is 0. The highest BCUT2D eigenvalue weighted by molar-refractivity contribution is 7.91. The molecule has 4 rings (SSSR count). The zero-order valence-corrected chi connectivity index (χ0v) is 15.3. The zero-order chi connectivity index (χ0) is 18.1. The van der Waals surface area contributed by atoms with Crippen LogP contribution in [0.2, 0.25) is 0 Å². The molecule has 0 aromatic carbocycles. The molecule has 0 aliphatic carbocycles. The second-order valence-corrected chi connectivity index (χ2v) is 8.74. The van der Waals surface area contributed by atoms with Crippen LogP contribution in [0.25, 0.3) is 11.4 Å². The average Bonchev–Trinajstić information content (AvgIpc) is 3.32. The number of rotatable bonds is 5. The van der Waals surface area contributed by atoms with Crippen molar-refractivity contribution in [2.24, 2.45) is 0 Å². The molecule has 4 heterocycles. The third kappa shape index (κ3) is 3.39. The van der Waals surface area contributed by atoms with Gasteiger partial charge in [-0.1, -0.05) is 0 Å². The summed E-state index contributed by atoms with van der Waals surface area (Å²) >= 11 is 0. The van der Waals surface area contributed by atoms with Crippen molar-refractivity contribution in [1.82, 2.24) is 29.3 Å². The van der Waals surface area contributed by atoms with Crippen molar-refractivity contribution in [3.05, 3.63) is 48.6 Å². The maximum Gasteiger partial charge on any atom is 0.181 e. The van der Waals surface area contributed by atoms with E-state index in [2.05, 4.69) is 19.6 Å². The van der Waals surface area contributed by atoms with Gasteiger partial charge in [-0.3, -0.25) is 4.98 Å². The molecule has 1 aliphatic rings. The van der Waals surface area contributed by atoms with Crippen molar-refractivity contribution in [3.63, 3.8) is 0 Å². The molecule has 9 heteroatoms. The fourth-order valence-electron chi connectivity index (χ4n) is 3.27. The Hall–Kier alpha value is -2.55. The molecule has 1 atom stereocenters. The van der Waals surface area contributed by atoms with Gasteiger partial charge in [0.25, 0.3) is 0 Å². The van der Waals surface area contributed by atoms with Gasteiger partial charge in [0.1, 0.15) is 11.6 Å². The molecule has 0 bridgehead atoms. The summed E-state index contributed by atoms with van der Waals surface area (Å²) in [7, 11) is -2.99. The highest BCUT2D eigenvalue weighted by atomic mass is 32.2. The van der Waals surface area contributed by atoms with Crippen molar-refractivity contribution in [2.75, 3.05) is 11.5 Å². The van der Waals surface area contributed by atoms with Gasteiger partial charge in [-0.25, -0.2) is 23.1 Å². The van der Waals surface area contributed by atoms with E-state index in [4.69, 9.17) is 4.98 Å². The lowest BCUT2D eigenvalue weighted by molar-refractivity contribution is 0.469. The number of aromatic nitrogens is 6. The first-order chi connectivity index (χ1) is 12.5. The molecular formula is C17H20N6O2S. The Labute approximate surface area is 151 Å². The minimum atomic E-state index is -2.99. The third-order valence-corrected chi connectivity index (χ3v) is 6.44. The van der Waals surface area contributed by atoms with Crippen LogP contribution in [-0.4, -0.2) is 49.2 Å². The van der Waals surface area contributed by atoms with E-state index in [9.17, 15) is 8.42 Å². The Morgan fingerprint density at radius 2 is 2.04 bits per heavy atom. The topological polar surface area (TPSA) is 95.6 Å². The number of hydrogen-bond acceptors (Lipinski definition) is 6. The molecule has 3 aromatic rings. The van der Waals surface area contributed by atoms with Crippen LogP contribution in [0.4, 0.5) is 0 Å². The zero-order valence-electron chi connectivity index (χ0n) is 14.5. The van der Waals surface area contributed by atoms with E-state index in [1.54, 1.807) is 18.6 Å². The Morgan fingerprint density at radius 1 is 1.23 bits per heavy atom. The summed E-state index contributed by atoms with van der Waals surface area (Å²) in [5, 5.41) is 4.64. The van der Waals surface area contributed by atoms with Crippen LogP contribution in [0.5, 0.6) is 0 Å². The lowest BCUT2D eigenvalue weighted by Crippen LogP contribution is -2.17. The van der Waals surface area contributed by atoms with E-state index in [0.29, 0.717) is 18.7 Å².